The smallest absolute Gasteiger partial charge is 0.257 e. The molecule has 0 fully saturated rings. The summed E-state index contributed by atoms with van der Waals surface area (Å²) in [7, 11) is 0. The van der Waals surface area contributed by atoms with Gasteiger partial charge in [-0.25, -0.2) is 4.98 Å². The van der Waals surface area contributed by atoms with Gasteiger partial charge in [0.15, 0.2) is 5.13 Å². The molecule has 1 heterocycles. The molecule has 0 saturated heterocycles. The van der Waals surface area contributed by atoms with Crippen LogP contribution in [0.15, 0.2) is 54.0 Å². The summed E-state index contributed by atoms with van der Waals surface area (Å²) < 4.78 is 0. The van der Waals surface area contributed by atoms with E-state index in [4.69, 9.17) is 5.73 Å². The Labute approximate surface area is 148 Å². The maximum Gasteiger partial charge on any atom is 0.257 e. The number of anilines is 3. The van der Waals surface area contributed by atoms with Crippen molar-refractivity contribution in [1.29, 1.82) is 0 Å². The van der Waals surface area contributed by atoms with Gasteiger partial charge in [-0.3, -0.25) is 14.9 Å². The minimum atomic E-state index is -0.280. The van der Waals surface area contributed by atoms with E-state index < -0.39 is 0 Å². The molecule has 25 heavy (non-hydrogen) atoms. The number of amides is 2. The second-order valence-electron chi connectivity index (χ2n) is 5.40. The lowest BCUT2D eigenvalue weighted by molar-refractivity contribution is 0.101. The summed E-state index contributed by atoms with van der Waals surface area (Å²) in [5.41, 5.74) is 8.59. The van der Waals surface area contributed by atoms with E-state index in [1.807, 2.05) is 6.92 Å². The third-order valence-corrected chi connectivity index (χ3v) is 4.26. The molecule has 3 aromatic rings. The number of nitrogens with one attached hydrogen (secondary N) is 2. The van der Waals surface area contributed by atoms with Crippen LogP contribution < -0.4 is 16.4 Å². The Hall–Kier alpha value is -3.19. The molecule has 0 unspecified atom stereocenters. The zero-order valence-electron chi connectivity index (χ0n) is 13.4. The Kier molecular flexibility index (Phi) is 4.76. The molecule has 126 valence electrons. The van der Waals surface area contributed by atoms with Crippen molar-refractivity contribution in [3.8, 4) is 0 Å². The number of thiazole rings is 1. The Morgan fingerprint density at radius 3 is 2.36 bits per heavy atom. The number of aromatic nitrogens is 1. The van der Waals surface area contributed by atoms with Crippen molar-refractivity contribution in [2.75, 3.05) is 16.4 Å². The molecule has 2 aromatic carbocycles. The number of nitrogens with zero attached hydrogens (tertiary/aromatic N) is 1. The Morgan fingerprint density at radius 1 is 1.00 bits per heavy atom. The number of carbonyl (C=O) groups excluding carboxylic acids is 2. The van der Waals surface area contributed by atoms with Crippen molar-refractivity contribution in [2.24, 2.45) is 0 Å². The summed E-state index contributed by atoms with van der Waals surface area (Å²) in [5.74, 6) is -0.543. The first-order valence-corrected chi connectivity index (χ1v) is 8.39. The fraction of sp³-hybridized carbons (Fsp3) is 0.0556. The highest BCUT2D eigenvalue weighted by Gasteiger charge is 2.12. The van der Waals surface area contributed by atoms with Crippen LogP contribution in [0.3, 0.4) is 0 Å². The first kappa shape index (κ1) is 16.7. The van der Waals surface area contributed by atoms with Gasteiger partial charge in [0, 0.05) is 34.1 Å². The summed E-state index contributed by atoms with van der Waals surface area (Å²) in [6.45, 7) is 1.86. The number of aryl methyl sites for hydroxylation is 1. The van der Waals surface area contributed by atoms with Crippen LogP contribution in [0.4, 0.5) is 16.5 Å². The number of nitrogens with two attached hydrogens (primary N) is 1. The maximum absolute atomic E-state index is 12.4. The predicted octanol–water partition coefficient (Wildman–Crippen LogP) is 3.54. The normalized spacial score (nSPS) is 10.3. The first-order chi connectivity index (χ1) is 12.0. The van der Waals surface area contributed by atoms with Crippen LogP contribution in [0, 0.1) is 6.92 Å². The van der Waals surface area contributed by atoms with Crippen LogP contribution in [0.25, 0.3) is 0 Å². The molecule has 0 atom stereocenters. The molecule has 4 N–H and O–H groups in total. The summed E-state index contributed by atoms with van der Waals surface area (Å²) in [4.78, 5) is 28.7. The van der Waals surface area contributed by atoms with E-state index in [2.05, 4.69) is 15.6 Å². The number of carbonyl (C=O) groups is 2. The number of benzene rings is 2. The van der Waals surface area contributed by atoms with E-state index in [-0.39, 0.29) is 11.8 Å². The molecule has 6 nitrogen and oxygen atoms in total. The molecule has 0 bridgehead atoms. The quantitative estimate of drug-likeness (QED) is 0.626. The molecule has 0 radical (unpaired) electrons. The van der Waals surface area contributed by atoms with E-state index >= 15 is 0 Å². The van der Waals surface area contributed by atoms with Gasteiger partial charge in [0.05, 0.1) is 0 Å². The van der Waals surface area contributed by atoms with Gasteiger partial charge in [-0.2, -0.15) is 0 Å². The fourth-order valence-corrected chi connectivity index (χ4v) is 2.71. The highest BCUT2D eigenvalue weighted by molar-refractivity contribution is 7.13. The number of hydrogen-bond donors (Lipinski definition) is 3. The largest absolute Gasteiger partial charge is 0.399 e. The second-order valence-corrected chi connectivity index (χ2v) is 6.29. The summed E-state index contributed by atoms with van der Waals surface area (Å²) in [5, 5.41) is 7.85. The van der Waals surface area contributed by atoms with Crippen LogP contribution in [-0.4, -0.2) is 16.8 Å². The lowest BCUT2D eigenvalue weighted by Gasteiger charge is -2.11. The highest BCUT2D eigenvalue weighted by Crippen LogP contribution is 2.20. The van der Waals surface area contributed by atoms with Crippen molar-refractivity contribution < 1.29 is 9.59 Å². The minimum Gasteiger partial charge on any atom is -0.399 e. The first-order valence-electron chi connectivity index (χ1n) is 7.51. The SMILES string of the molecule is Cc1ccc(C(=O)Nc2nccs2)cc1NC(=O)c1ccc(N)cc1. The predicted molar refractivity (Wildman–Crippen MR) is 100 cm³/mol. The van der Waals surface area contributed by atoms with E-state index in [0.29, 0.717) is 27.6 Å². The van der Waals surface area contributed by atoms with E-state index in [1.165, 1.54) is 11.3 Å². The van der Waals surface area contributed by atoms with Crippen LogP contribution in [0.5, 0.6) is 0 Å². The highest BCUT2D eigenvalue weighted by atomic mass is 32.1. The van der Waals surface area contributed by atoms with Gasteiger partial charge in [0.2, 0.25) is 0 Å². The van der Waals surface area contributed by atoms with Crippen molar-refractivity contribution in [3.63, 3.8) is 0 Å². The molecular weight excluding hydrogens is 336 g/mol. The van der Waals surface area contributed by atoms with Gasteiger partial charge >= 0.3 is 0 Å². The Balaban J connectivity index is 1.78. The maximum atomic E-state index is 12.4. The van der Waals surface area contributed by atoms with E-state index in [1.54, 1.807) is 54.0 Å². The van der Waals surface area contributed by atoms with Crippen LogP contribution in [0.2, 0.25) is 0 Å². The monoisotopic (exact) mass is 352 g/mol. The Bertz CT molecular complexity index is 905. The van der Waals surface area contributed by atoms with Crippen molar-refractivity contribution in [1.82, 2.24) is 4.98 Å². The molecule has 0 saturated carbocycles. The fourth-order valence-electron chi connectivity index (χ4n) is 2.18. The average molecular weight is 352 g/mol. The van der Waals surface area contributed by atoms with Crippen molar-refractivity contribution >= 4 is 39.7 Å². The van der Waals surface area contributed by atoms with E-state index in [9.17, 15) is 9.59 Å². The third-order valence-electron chi connectivity index (χ3n) is 3.57. The molecule has 7 heteroatoms. The third kappa shape index (κ3) is 4.02. The van der Waals surface area contributed by atoms with Gasteiger partial charge < -0.3 is 11.1 Å². The van der Waals surface area contributed by atoms with Gasteiger partial charge in [0.1, 0.15) is 0 Å². The van der Waals surface area contributed by atoms with Crippen molar-refractivity contribution in [2.45, 2.75) is 6.92 Å². The molecule has 0 spiro atoms. The van der Waals surface area contributed by atoms with Crippen LogP contribution in [-0.2, 0) is 0 Å². The van der Waals surface area contributed by atoms with Gasteiger partial charge in [-0.05, 0) is 48.9 Å². The van der Waals surface area contributed by atoms with Gasteiger partial charge in [-0.1, -0.05) is 6.07 Å². The summed E-state index contributed by atoms with van der Waals surface area (Å²) in [6.07, 6.45) is 1.62. The molecule has 1 aromatic heterocycles. The zero-order chi connectivity index (χ0) is 17.8. The molecular formula is C18H16N4O2S. The van der Waals surface area contributed by atoms with Gasteiger partial charge in [-0.15, -0.1) is 11.3 Å². The number of hydrogen-bond acceptors (Lipinski definition) is 5. The topological polar surface area (TPSA) is 97.1 Å². The molecule has 0 aliphatic heterocycles. The molecule has 3 rings (SSSR count). The molecule has 0 aliphatic rings. The Morgan fingerprint density at radius 2 is 1.68 bits per heavy atom. The van der Waals surface area contributed by atoms with Crippen LogP contribution in [0.1, 0.15) is 26.3 Å². The lowest BCUT2D eigenvalue weighted by Crippen LogP contribution is -2.15. The summed E-state index contributed by atoms with van der Waals surface area (Å²) in [6, 6.07) is 11.8. The zero-order valence-corrected chi connectivity index (χ0v) is 14.3. The minimum absolute atomic E-state index is 0.263. The average Bonchev–Trinajstić information content (AvgIpc) is 3.10. The number of rotatable bonds is 4. The standard InChI is InChI=1S/C18H16N4O2S/c1-11-2-3-13(17(24)22-18-20-8-9-25-18)10-15(11)21-16(23)12-4-6-14(19)7-5-12/h2-10H,19H2,1H3,(H,21,23)(H,20,22,24). The van der Waals surface area contributed by atoms with E-state index in [0.717, 1.165) is 5.56 Å². The lowest BCUT2D eigenvalue weighted by atomic mass is 10.1. The molecule has 0 aliphatic carbocycles. The number of nitrogen functional groups attached to an aromatic ring is 1. The second kappa shape index (κ2) is 7.14. The van der Waals surface area contributed by atoms with Gasteiger partial charge in [0.25, 0.3) is 11.8 Å². The molecule has 2 amide bonds. The van der Waals surface area contributed by atoms with Crippen molar-refractivity contribution in [3.05, 3.63) is 70.7 Å². The summed E-state index contributed by atoms with van der Waals surface area (Å²) >= 11 is 1.34. The van der Waals surface area contributed by atoms with Crippen LogP contribution >= 0.6 is 11.3 Å².